The van der Waals surface area contributed by atoms with Gasteiger partial charge in [0.2, 0.25) is 0 Å². The summed E-state index contributed by atoms with van der Waals surface area (Å²) in [6.45, 7) is 1.98. The first-order chi connectivity index (χ1) is 10.2. The summed E-state index contributed by atoms with van der Waals surface area (Å²) in [7, 11) is 0. The number of benzene rings is 2. The van der Waals surface area contributed by atoms with Crippen LogP contribution in [0.15, 0.2) is 65.0 Å². The van der Waals surface area contributed by atoms with E-state index >= 15 is 0 Å². The van der Waals surface area contributed by atoms with Crippen molar-refractivity contribution in [3.05, 3.63) is 76.7 Å². The van der Waals surface area contributed by atoms with E-state index in [1.165, 1.54) is 6.34 Å². The summed E-state index contributed by atoms with van der Waals surface area (Å²) >= 11 is 4.14. The molecule has 0 aliphatic heterocycles. The molecule has 1 N–H and O–H groups in total. The van der Waals surface area contributed by atoms with E-state index in [0.717, 1.165) is 11.1 Å². The molecule has 21 heavy (non-hydrogen) atoms. The van der Waals surface area contributed by atoms with Crippen molar-refractivity contribution in [3.8, 4) is 0 Å². The Labute approximate surface area is 129 Å². The van der Waals surface area contributed by atoms with E-state index in [1.54, 1.807) is 17.5 Å². The van der Waals surface area contributed by atoms with Crippen LogP contribution in [0.5, 0.6) is 0 Å². The highest BCUT2D eigenvalue weighted by atomic mass is 32.1. The fourth-order valence-electron chi connectivity index (χ4n) is 1.74. The van der Waals surface area contributed by atoms with E-state index in [9.17, 15) is 4.79 Å². The molecule has 0 aliphatic rings. The zero-order chi connectivity index (χ0) is 15.1. The number of aryl methyl sites for hydroxylation is 1. The van der Waals surface area contributed by atoms with Gasteiger partial charge in [0.15, 0.2) is 0 Å². The van der Waals surface area contributed by atoms with Crippen LogP contribution >= 0.6 is 12.6 Å². The summed E-state index contributed by atoms with van der Waals surface area (Å²) in [6.07, 6.45) is 1.39. The van der Waals surface area contributed by atoms with Gasteiger partial charge < -0.3 is 5.32 Å². The van der Waals surface area contributed by atoms with E-state index < -0.39 is 0 Å². The fourth-order valence-corrected chi connectivity index (χ4v) is 1.96. The number of nitrogens with zero attached hydrogens (tertiary/aromatic N) is 1. The molecule has 0 spiro atoms. The Bertz CT molecular complexity index is 661. The summed E-state index contributed by atoms with van der Waals surface area (Å²) in [5.74, 6) is -0.190. The van der Waals surface area contributed by atoms with E-state index in [4.69, 9.17) is 0 Å². The highest BCUT2D eigenvalue weighted by Crippen LogP contribution is 2.15. The lowest BCUT2D eigenvalue weighted by Crippen LogP contribution is -2.21. The Hall–Kier alpha value is -2.33. The quantitative estimate of drug-likeness (QED) is 0.504. The minimum atomic E-state index is -0.190. The van der Waals surface area contributed by atoms with Gasteiger partial charge in [0.05, 0.1) is 12.0 Å². The molecule has 2 aromatic rings. The average molecular weight is 296 g/mol. The van der Waals surface area contributed by atoms with Crippen molar-refractivity contribution in [1.29, 1.82) is 0 Å². The molecule has 1 amide bonds. The Kier molecular flexibility index (Phi) is 5.35. The number of carbonyl (C=O) groups excluding carboxylic acids is 1. The number of nitrogens with one attached hydrogen (secondary N) is 1. The van der Waals surface area contributed by atoms with Crippen molar-refractivity contribution >= 4 is 30.6 Å². The molecule has 0 atom stereocenters. The van der Waals surface area contributed by atoms with Gasteiger partial charge in [-0.05, 0) is 24.5 Å². The van der Waals surface area contributed by atoms with Gasteiger partial charge in [0.1, 0.15) is 0 Å². The Morgan fingerprint density at radius 3 is 2.33 bits per heavy atom. The molecular formula is C17H16N2OS. The second kappa shape index (κ2) is 7.45. The Morgan fingerprint density at radius 1 is 1.05 bits per heavy atom. The Balaban J connectivity index is 2.01. The fraction of sp³-hybridized carbons (Fsp3) is 0.0588. The monoisotopic (exact) mass is 296 g/mol. The van der Waals surface area contributed by atoms with Gasteiger partial charge in [-0.15, -0.1) is 12.6 Å². The summed E-state index contributed by atoms with van der Waals surface area (Å²) < 4.78 is 0. The maximum absolute atomic E-state index is 11.9. The van der Waals surface area contributed by atoms with Crippen LogP contribution in [-0.2, 0) is 0 Å². The minimum absolute atomic E-state index is 0.190. The lowest BCUT2D eigenvalue weighted by molar-refractivity contribution is 0.0978. The molecule has 4 heteroatoms. The van der Waals surface area contributed by atoms with Crippen molar-refractivity contribution in [2.45, 2.75) is 6.92 Å². The van der Waals surface area contributed by atoms with E-state index in [1.807, 2.05) is 49.4 Å². The van der Waals surface area contributed by atoms with E-state index in [-0.39, 0.29) is 5.91 Å². The molecule has 0 saturated heterocycles. The van der Waals surface area contributed by atoms with E-state index in [0.29, 0.717) is 11.3 Å². The number of rotatable bonds is 4. The van der Waals surface area contributed by atoms with Crippen molar-refractivity contribution in [2.24, 2.45) is 4.99 Å². The molecule has 0 bridgehead atoms. The first-order valence-electron chi connectivity index (χ1n) is 6.50. The number of thiol groups is 1. The van der Waals surface area contributed by atoms with Crippen LogP contribution in [-0.4, -0.2) is 12.2 Å². The third kappa shape index (κ3) is 4.33. The molecule has 0 heterocycles. The van der Waals surface area contributed by atoms with Gasteiger partial charge in [0, 0.05) is 11.1 Å². The molecule has 0 aromatic heterocycles. The van der Waals surface area contributed by atoms with Gasteiger partial charge in [-0.25, -0.2) is 4.99 Å². The molecule has 106 valence electrons. The van der Waals surface area contributed by atoms with Gasteiger partial charge in [-0.3, -0.25) is 4.79 Å². The number of aliphatic imine (C=N–C) groups is 1. The summed E-state index contributed by atoms with van der Waals surface area (Å²) in [6, 6.07) is 17.0. The third-order valence-electron chi connectivity index (χ3n) is 2.90. The minimum Gasteiger partial charge on any atom is -0.313 e. The van der Waals surface area contributed by atoms with Gasteiger partial charge in [0.25, 0.3) is 5.91 Å². The van der Waals surface area contributed by atoms with Gasteiger partial charge in [-0.1, -0.05) is 48.0 Å². The average Bonchev–Trinajstić information content (AvgIpc) is 2.53. The number of hydrogen-bond acceptors (Lipinski definition) is 3. The zero-order valence-electron chi connectivity index (χ0n) is 11.7. The second-order valence-electron chi connectivity index (χ2n) is 4.48. The standard InChI is InChI=1S/C17H16N2OS/c1-13-7-9-15(10-8-13)17(20)19-12-18-16(11-21)14-5-3-2-4-6-14/h2-12,21H,1H3,(H,18,19,20)/b16-11-. The molecule has 0 saturated carbocycles. The van der Waals surface area contributed by atoms with Gasteiger partial charge >= 0.3 is 0 Å². The van der Waals surface area contributed by atoms with E-state index in [2.05, 4.69) is 22.9 Å². The predicted octanol–water partition coefficient (Wildman–Crippen LogP) is 3.68. The van der Waals surface area contributed by atoms with Crippen molar-refractivity contribution in [2.75, 3.05) is 0 Å². The lowest BCUT2D eigenvalue weighted by atomic mass is 10.1. The van der Waals surface area contributed by atoms with Crippen LogP contribution in [0.25, 0.3) is 5.70 Å². The predicted molar refractivity (Wildman–Crippen MR) is 90.5 cm³/mol. The molecule has 2 rings (SSSR count). The van der Waals surface area contributed by atoms with Crippen LogP contribution in [0.3, 0.4) is 0 Å². The number of hydrogen-bond donors (Lipinski definition) is 2. The van der Waals surface area contributed by atoms with Crippen molar-refractivity contribution in [3.63, 3.8) is 0 Å². The molecule has 0 fully saturated rings. The highest BCUT2D eigenvalue weighted by molar-refractivity contribution is 7.83. The zero-order valence-corrected chi connectivity index (χ0v) is 12.5. The lowest BCUT2D eigenvalue weighted by Gasteiger charge is -2.02. The number of amides is 1. The topological polar surface area (TPSA) is 41.5 Å². The molecule has 0 aliphatic carbocycles. The maximum atomic E-state index is 11.9. The Morgan fingerprint density at radius 2 is 1.71 bits per heavy atom. The van der Waals surface area contributed by atoms with Crippen LogP contribution in [0.4, 0.5) is 0 Å². The van der Waals surface area contributed by atoms with Crippen molar-refractivity contribution < 1.29 is 4.79 Å². The van der Waals surface area contributed by atoms with Crippen LogP contribution in [0.1, 0.15) is 21.5 Å². The smallest absolute Gasteiger partial charge is 0.256 e. The molecule has 0 radical (unpaired) electrons. The summed E-state index contributed by atoms with van der Waals surface area (Å²) in [5.41, 5.74) is 3.34. The summed E-state index contributed by atoms with van der Waals surface area (Å²) in [4.78, 5) is 16.1. The third-order valence-corrected chi connectivity index (χ3v) is 3.15. The first kappa shape index (κ1) is 15.1. The van der Waals surface area contributed by atoms with Gasteiger partial charge in [-0.2, -0.15) is 0 Å². The normalized spacial score (nSPS) is 11.6. The molecule has 0 unspecified atom stereocenters. The van der Waals surface area contributed by atoms with Crippen LogP contribution < -0.4 is 5.32 Å². The highest BCUT2D eigenvalue weighted by Gasteiger charge is 2.02. The maximum Gasteiger partial charge on any atom is 0.256 e. The second-order valence-corrected chi connectivity index (χ2v) is 4.74. The number of carbonyl (C=O) groups is 1. The van der Waals surface area contributed by atoms with Crippen LogP contribution in [0.2, 0.25) is 0 Å². The molecular weight excluding hydrogens is 280 g/mol. The SMILES string of the molecule is Cc1ccc(C(=O)NC=N/C(=C\S)c2ccccc2)cc1. The van der Waals surface area contributed by atoms with Crippen LogP contribution in [0, 0.1) is 6.92 Å². The largest absolute Gasteiger partial charge is 0.313 e. The first-order valence-corrected chi connectivity index (χ1v) is 7.02. The summed E-state index contributed by atoms with van der Waals surface area (Å²) in [5, 5.41) is 4.25. The molecule has 3 nitrogen and oxygen atoms in total. The molecule has 2 aromatic carbocycles. The van der Waals surface area contributed by atoms with Crippen molar-refractivity contribution in [1.82, 2.24) is 5.32 Å².